The minimum atomic E-state index is -0.571. The lowest BCUT2D eigenvalue weighted by Crippen LogP contribution is -2.20. The maximum atomic E-state index is 12.0. The second-order valence-electron chi connectivity index (χ2n) is 4.46. The number of benzene rings is 2. The van der Waals surface area contributed by atoms with Crippen LogP contribution in [0.1, 0.15) is 0 Å². The van der Waals surface area contributed by atoms with Crippen molar-refractivity contribution in [3.63, 3.8) is 0 Å². The third-order valence-corrected chi connectivity index (χ3v) is 4.71. The van der Waals surface area contributed by atoms with Gasteiger partial charge in [-0.05, 0) is 50.1 Å². The first-order chi connectivity index (χ1) is 11.3. The number of carbonyl (C=O) groups excluding carboxylic acids is 1. The largest absolute Gasteiger partial charge is 0.481 e. The van der Waals surface area contributed by atoms with Crippen LogP contribution in [0.25, 0.3) is 0 Å². The van der Waals surface area contributed by atoms with Crippen molar-refractivity contribution < 1.29 is 14.5 Å². The van der Waals surface area contributed by atoms with Crippen LogP contribution in [0.5, 0.6) is 5.75 Å². The van der Waals surface area contributed by atoms with Crippen molar-refractivity contribution >= 4 is 76.7 Å². The summed E-state index contributed by atoms with van der Waals surface area (Å²) in [6, 6.07) is 7.33. The number of carbonyl (C=O) groups is 1. The van der Waals surface area contributed by atoms with Gasteiger partial charge in [0, 0.05) is 16.6 Å². The van der Waals surface area contributed by atoms with Gasteiger partial charge in [-0.25, -0.2) is 0 Å². The van der Waals surface area contributed by atoms with Gasteiger partial charge in [0.1, 0.15) is 5.75 Å². The first-order valence-corrected chi connectivity index (χ1v) is 9.04. The van der Waals surface area contributed by atoms with Gasteiger partial charge in [0.05, 0.1) is 24.6 Å². The second-order valence-corrected chi connectivity index (χ2v) is 7.49. The van der Waals surface area contributed by atoms with Crippen LogP contribution in [-0.4, -0.2) is 17.4 Å². The summed E-state index contributed by atoms with van der Waals surface area (Å²) in [5, 5.41) is 13.5. The predicted octanol–water partition coefficient (Wildman–Crippen LogP) is 5.55. The van der Waals surface area contributed by atoms with Crippen molar-refractivity contribution in [3.05, 3.63) is 58.9 Å². The maximum absolute atomic E-state index is 12.0. The summed E-state index contributed by atoms with van der Waals surface area (Å²) in [5.74, 6) is -0.0439. The Morgan fingerprint density at radius 1 is 1.21 bits per heavy atom. The van der Waals surface area contributed by atoms with E-state index >= 15 is 0 Å². The van der Waals surface area contributed by atoms with Crippen LogP contribution >= 0.6 is 59.4 Å². The number of nitro groups is 1. The predicted molar refractivity (Wildman–Crippen MR) is 102 cm³/mol. The third-order valence-electron chi connectivity index (χ3n) is 2.75. The van der Waals surface area contributed by atoms with Crippen molar-refractivity contribution in [2.24, 2.45) is 0 Å². The van der Waals surface area contributed by atoms with Crippen LogP contribution in [0.4, 0.5) is 11.4 Å². The molecule has 2 aromatic carbocycles. The highest BCUT2D eigenvalue weighted by atomic mass is 79.9. The normalized spacial score (nSPS) is 10.3. The Balaban J connectivity index is 2.07. The van der Waals surface area contributed by atoms with E-state index in [0.29, 0.717) is 14.7 Å². The van der Waals surface area contributed by atoms with E-state index in [4.69, 9.17) is 16.3 Å². The van der Waals surface area contributed by atoms with Gasteiger partial charge >= 0.3 is 0 Å². The Labute approximate surface area is 167 Å². The Hall–Kier alpha value is -1.16. The number of nitrogens with zero attached hydrogens (tertiary/aromatic N) is 1. The van der Waals surface area contributed by atoms with E-state index in [1.54, 1.807) is 12.1 Å². The quantitative estimate of drug-likeness (QED) is 0.396. The fourth-order valence-electron chi connectivity index (χ4n) is 1.71. The topological polar surface area (TPSA) is 81.5 Å². The average molecular weight is 543 g/mol. The van der Waals surface area contributed by atoms with E-state index in [1.165, 1.54) is 18.2 Å². The molecule has 0 aromatic heterocycles. The van der Waals surface area contributed by atoms with Gasteiger partial charge < -0.3 is 10.1 Å². The molecule has 10 heteroatoms. The molecule has 0 fully saturated rings. The van der Waals surface area contributed by atoms with Crippen molar-refractivity contribution in [3.8, 4) is 5.75 Å². The number of hydrogen-bond donors (Lipinski definition) is 1. The van der Waals surface area contributed by atoms with Crippen LogP contribution < -0.4 is 10.1 Å². The standard InChI is InChI=1S/C14H8Br3ClN2O4/c15-7-3-9(16)14(10(17)4-7)24-6-13(21)19-12-5-8(20(22)23)1-2-11(12)18/h1-5H,6H2,(H,19,21). The van der Waals surface area contributed by atoms with Crippen molar-refractivity contribution in [1.29, 1.82) is 0 Å². The van der Waals surface area contributed by atoms with Crippen LogP contribution in [0.3, 0.4) is 0 Å². The van der Waals surface area contributed by atoms with Gasteiger partial charge in [0.25, 0.3) is 11.6 Å². The molecule has 0 bridgehead atoms. The molecule has 1 amide bonds. The Kier molecular flexibility index (Phi) is 6.62. The zero-order chi connectivity index (χ0) is 17.9. The molecule has 0 atom stereocenters. The van der Waals surface area contributed by atoms with Crippen LogP contribution in [0, 0.1) is 10.1 Å². The molecule has 0 aliphatic carbocycles. The van der Waals surface area contributed by atoms with Gasteiger partial charge in [-0.1, -0.05) is 27.5 Å². The number of halogens is 4. The Bertz CT molecular complexity index is 794. The fourth-order valence-corrected chi connectivity index (χ4v) is 4.37. The van der Waals surface area contributed by atoms with Crippen LogP contribution in [0.2, 0.25) is 5.02 Å². The molecule has 0 heterocycles. The van der Waals surface area contributed by atoms with E-state index in [2.05, 4.69) is 53.1 Å². The molecule has 24 heavy (non-hydrogen) atoms. The molecule has 0 spiro atoms. The highest BCUT2D eigenvalue weighted by Crippen LogP contribution is 2.36. The number of hydrogen-bond acceptors (Lipinski definition) is 4. The Morgan fingerprint density at radius 2 is 1.83 bits per heavy atom. The molecular weight excluding hydrogens is 535 g/mol. The number of non-ortho nitro benzene ring substituents is 1. The van der Waals surface area contributed by atoms with Crippen molar-refractivity contribution in [1.82, 2.24) is 0 Å². The molecule has 2 aromatic rings. The number of nitrogens with one attached hydrogen (secondary N) is 1. The van der Waals surface area contributed by atoms with Gasteiger partial charge in [0.2, 0.25) is 0 Å². The highest BCUT2D eigenvalue weighted by Gasteiger charge is 2.14. The molecule has 0 radical (unpaired) electrons. The van der Waals surface area contributed by atoms with Gasteiger partial charge in [-0.2, -0.15) is 0 Å². The van der Waals surface area contributed by atoms with E-state index in [9.17, 15) is 14.9 Å². The molecule has 1 N–H and O–H groups in total. The van der Waals surface area contributed by atoms with Gasteiger partial charge in [-0.15, -0.1) is 0 Å². The van der Waals surface area contributed by atoms with E-state index in [-0.39, 0.29) is 23.0 Å². The molecular formula is C14H8Br3ClN2O4. The summed E-state index contributed by atoms with van der Waals surface area (Å²) in [6.07, 6.45) is 0. The molecule has 0 saturated carbocycles. The minimum absolute atomic E-state index is 0.147. The lowest BCUT2D eigenvalue weighted by Gasteiger charge is -2.11. The minimum Gasteiger partial charge on any atom is -0.481 e. The zero-order valence-electron chi connectivity index (χ0n) is 11.7. The number of nitro benzene ring substituents is 1. The van der Waals surface area contributed by atoms with E-state index in [1.807, 2.05) is 0 Å². The number of ether oxygens (including phenoxy) is 1. The van der Waals surface area contributed by atoms with Crippen molar-refractivity contribution in [2.45, 2.75) is 0 Å². The SMILES string of the molecule is O=C(COc1c(Br)cc(Br)cc1Br)Nc1cc([N+](=O)[O-])ccc1Cl. The lowest BCUT2D eigenvalue weighted by molar-refractivity contribution is -0.384. The first-order valence-electron chi connectivity index (χ1n) is 6.29. The monoisotopic (exact) mass is 540 g/mol. The number of rotatable bonds is 5. The molecule has 0 aliphatic heterocycles. The first kappa shape index (κ1) is 19.2. The third kappa shape index (κ3) is 4.92. The summed E-state index contributed by atoms with van der Waals surface area (Å²) in [4.78, 5) is 22.2. The fraction of sp³-hybridized carbons (Fsp3) is 0.0714. The number of anilines is 1. The van der Waals surface area contributed by atoms with E-state index < -0.39 is 10.8 Å². The summed E-state index contributed by atoms with van der Waals surface area (Å²) in [6.45, 7) is -0.294. The summed E-state index contributed by atoms with van der Waals surface area (Å²) < 4.78 is 7.62. The summed E-state index contributed by atoms with van der Waals surface area (Å²) >= 11 is 15.9. The van der Waals surface area contributed by atoms with Gasteiger partial charge in [-0.3, -0.25) is 14.9 Å². The summed E-state index contributed by atoms with van der Waals surface area (Å²) in [7, 11) is 0. The molecule has 0 saturated heterocycles. The summed E-state index contributed by atoms with van der Waals surface area (Å²) in [5.41, 5.74) is -0.0255. The molecule has 2 rings (SSSR count). The Morgan fingerprint density at radius 3 is 2.42 bits per heavy atom. The zero-order valence-corrected chi connectivity index (χ0v) is 17.2. The van der Waals surface area contributed by atoms with Gasteiger partial charge in [0.15, 0.2) is 6.61 Å². The van der Waals surface area contributed by atoms with Crippen LogP contribution in [-0.2, 0) is 4.79 Å². The second kappa shape index (κ2) is 8.28. The highest BCUT2D eigenvalue weighted by molar-refractivity contribution is 9.11. The van der Waals surface area contributed by atoms with E-state index in [0.717, 1.165) is 4.47 Å². The van der Waals surface area contributed by atoms with Crippen LogP contribution in [0.15, 0.2) is 43.7 Å². The number of amides is 1. The molecule has 0 aliphatic rings. The lowest BCUT2D eigenvalue weighted by atomic mass is 10.3. The smallest absolute Gasteiger partial charge is 0.271 e. The average Bonchev–Trinajstić information content (AvgIpc) is 2.48. The molecule has 0 unspecified atom stereocenters. The van der Waals surface area contributed by atoms with Crippen molar-refractivity contribution in [2.75, 3.05) is 11.9 Å². The molecule has 126 valence electrons. The molecule has 6 nitrogen and oxygen atoms in total. The maximum Gasteiger partial charge on any atom is 0.271 e.